The summed E-state index contributed by atoms with van der Waals surface area (Å²) in [6.07, 6.45) is 1.41. The Morgan fingerprint density at radius 1 is 1.48 bits per heavy atom. The minimum absolute atomic E-state index is 0.0116. The summed E-state index contributed by atoms with van der Waals surface area (Å²) >= 11 is 5.96. The van der Waals surface area contributed by atoms with Gasteiger partial charge in [-0.1, -0.05) is 17.7 Å². The van der Waals surface area contributed by atoms with Gasteiger partial charge >= 0.3 is 12.0 Å². The molecule has 8 heteroatoms. The maximum atomic E-state index is 11.9. The first kappa shape index (κ1) is 14.9. The van der Waals surface area contributed by atoms with Gasteiger partial charge < -0.3 is 15.2 Å². The Labute approximate surface area is 124 Å². The van der Waals surface area contributed by atoms with E-state index in [-0.39, 0.29) is 5.70 Å². The first-order chi connectivity index (χ1) is 9.92. The fourth-order valence-electron chi connectivity index (χ4n) is 1.79. The average Bonchev–Trinajstić information content (AvgIpc) is 2.66. The van der Waals surface area contributed by atoms with Gasteiger partial charge in [0.1, 0.15) is 18.0 Å². The van der Waals surface area contributed by atoms with Gasteiger partial charge in [0.05, 0.1) is 12.1 Å². The number of hydrogen-bond donors (Lipinski definition) is 2. The van der Waals surface area contributed by atoms with E-state index < -0.39 is 24.5 Å². The van der Waals surface area contributed by atoms with E-state index in [1.165, 1.54) is 13.2 Å². The highest BCUT2D eigenvalue weighted by Gasteiger charge is 2.34. The molecule has 0 bridgehead atoms. The fraction of sp³-hybridized carbons (Fsp3) is 0.154. The number of hydrogen-bond acceptors (Lipinski definition) is 4. The van der Waals surface area contributed by atoms with Crippen LogP contribution in [0.2, 0.25) is 5.02 Å². The number of imide groups is 1. The molecule has 0 aliphatic carbocycles. The van der Waals surface area contributed by atoms with Crippen molar-refractivity contribution in [1.82, 2.24) is 10.2 Å². The van der Waals surface area contributed by atoms with E-state index in [1.807, 2.05) is 0 Å². The number of amides is 3. The molecule has 7 nitrogen and oxygen atoms in total. The molecule has 0 radical (unpaired) electrons. The Morgan fingerprint density at radius 2 is 2.19 bits per heavy atom. The number of urea groups is 1. The molecule has 0 aromatic heterocycles. The van der Waals surface area contributed by atoms with Gasteiger partial charge in [0.2, 0.25) is 0 Å². The molecule has 2 N–H and O–H groups in total. The monoisotopic (exact) mass is 310 g/mol. The zero-order chi connectivity index (χ0) is 15.6. The number of nitrogens with one attached hydrogen (secondary N) is 1. The molecular formula is C13H11ClN2O5. The molecular weight excluding hydrogens is 300 g/mol. The Balaban J connectivity index is 2.26. The highest BCUT2D eigenvalue weighted by Crippen LogP contribution is 2.26. The first-order valence-electron chi connectivity index (χ1n) is 5.82. The summed E-state index contributed by atoms with van der Waals surface area (Å²) in [5.74, 6) is -1.49. The molecule has 1 aliphatic heterocycles. The van der Waals surface area contributed by atoms with Crippen molar-refractivity contribution in [2.24, 2.45) is 0 Å². The minimum atomic E-state index is -1.27. The topological polar surface area (TPSA) is 95.9 Å². The van der Waals surface area contributed by atoms with Crippen LogP contribution >= 0.6 is 11.6 Å². The third-order valence-electron chi connectivity index (χ3n) is 2.74. The molecule has 0 unspecified atom stereocenters. The molecule has 1 saturated heterocycles. The zero-order valence-corrected chi connectivity index (χ0v) is 11.7. The maximum Gasteiger partial charge on any atom is 0.329 e. The summed E-state index contributed by atoms with van der Waals surface area (Å²) in [6.45, 7) is -0.689. The second-order valence-corrected chi connectivity index (χ2v) is 4.57. The van der Waals surface area contributed by atoms with Gasteiger partial charge in [0.15, 0.2) is 0 Å². The van der Waals surface area contributed by atoms with Crippen LogP contribution in [0.15, 0.2) is 23.9 Å². The molecule has 1 aromatic carbocycles. The van der Waals surface area contributed by atoms with Gasteiger partial charge in [-0.05, 0) is 23.8 Å². The number of carboxylic acid groups (broad SMARTS) is 1. The van der Waals surface area contributed by atoms with Crippen LogP contribution in [0.25, 0.3) is 6.08 Å². The van der Waals surface area contributed by atoms with Crippen molar-refractivity contribution in [3.05, 3.63) is 34.5 Å². The number of methoxy groups -OCH3 is 1. The minimum Gasteiger partial charge on any atom is -0.495 e. The van der Waals surface area contributed by atoms with E-state index in [4.69, 9.17) is 21.4 Å². The van der Waals surface area contributed by atoms with Crippen LogP contribution in [-0.4, -0.2) is 41.6 Å². The summed E-state index contributed by atoms with van der Waals surface area (Å²) in [6, 6.07) is 4.06. The van der Waals surface area contributed by atoms with E-state index in [1.54, 1.807) is 18.2 Å². The third kappa shape index (κ3) is 3.14. The summed E-state index contributed by atoms with van der Waals surface area (Å²) in [5.41, 5.74) is 0.559. The molecule has 0 saturated carbocycles. The predicted molar refractivity (Wildman–Crippen MR) is 73.9 cm³/mol. The van der Waals surface area contributed by atoms with E-state index in [0.29, 0.717) is 21.2 Å². The maximum absolute atomic E-state index is 11.9. The lowest BCUT2D eigenvalue weighted by atomic mass is 10.2. The second kappa shape index (κ2) is 5.84. The number of rotatable bonds is 4. The normalized spacial score (nSPS) is 16.3. The highest BCUT2D eigenvalue weighted by molar-refractivity contribution is 6.32. The van der Waals surface area contributed by atoms with E-state index >= 15 is 0 Å². The molecule has 1 fully saturated rings. The lowest BCUT2D eigenvalue weighted by Gasteiger charge is -2.07. The Kier molecular flexibility index (Phi) is 4.13. The highest BCUT2D eigenvalue weighted by atomic mass is 35.5. The number of carboxylic acids is 1. The fourth-order valence-corrected chi connectivity index (χ4v) is 2.06. The molecule has 0 atom stereocenters. The molecule has 0 spiro atoms. The second-order valence-electron chi connectivity index (χ2n) is 4.17. The number of aliphatic carboxylic acids is 1. The van der Waals surface area contributed by atoms with Gasteiger partial charge in [-0.15, -0.1) is 0 Å². The van der Waals surface area contributed by atoms with Crippen molar-refractivity contribution in [2.75, 3.05) is 13.7 Å². The van der Waals surface area contributed by atoms with Crippen LogP contribution in [0, 0.1) is 0 Å². The molecule has 1 heterocycles. The Hall–Kier alpha value is -2.54. The summed E-state index contributed by atoms with van der Waals surface area (Å²) in [7, 11) is 1.48. The van der Waals surface area contributed by atoms with Crippen LogP contribution < -0.4 is 10.1 Å². The predicted octanol–water partition coefficient (Wildman–Crippen LogP) is 1.33. The molecule has 3 amide bonds. The quantitative estimate of drug-likeness (QED) is 0.646. The molecule has 1 aliphatic rings. The molecule has 21 heavy (non-hydrogen) atoms. The van der Waals surface area contributed by atoms with E-state index in [0.717, 1.165) is 0 Å². The number of halogens is 1. The number of carbonyl (C=O) groups is 3. The summed E-state index contributed by atoms with van der Waals surface area (Å²) < 4.78 is 5.01. The lowest BCUT2D eigenvalue weighted by molar-refractivity contribution is -0.140. The van der Waals surface area contributed by atoms with Crippen molar-refractivity contribution in [3.63, 3.8) is 0 Å². The van der Waals surface area contributed by atoms with Crippen LogP contribution in [0.3, 0.4) is 0 Å². The summed E-state index contributed by atoms with van der Waals surface area (Å²) in [5, 5.41) is 11.3. The number of nitrogens with zero attached hydrogens (tertiary/aromatic N) is 1. The third-order valence-corrected chi connectivity index (χ3v) is 3.04. The summed E-state index contributed by atoms with van der Waals surface area (Å²) in [4.78, 5) is 34.7. The smallest absolute Gasteiger partial charge is 0.329 e. The Morgan fingerprint density at radius 3 is 2.76 bits per heavy atom. The van der Waals surface area contributed by atoms with Crippen LogP contribution in [0.4, 0.5) is 4.79 Å². The van der Waals surface area contributed by atoms with Crippen molar-refractivity contribution in [2.45, 2.75) is 0 Å². The first-order valence-corrected chi connectivity index (χ1v) is 6.20. The average molecular weight is 311 g/mol. The van der Waals surface area contributed by atoms with Crippen molar-refractivity contribution in [3.8, 4) is 5.75 Å². The van der Waals surface area contributed by atoms with E-state index in [2.05, 4.69) is 5.32 Å². The number of benzene rings is 1. The Bertz CT molecular complexity index is 656. The van der Waals surface area contributed by atoms with Crippen molar-refractivity contribution in [1.29, 1.82) is 0 Å². The van der Waals surface area contributed by atoms with Crippen LogP contribution in [-0.2, 0) is 9.59 Å². The SMILES string of the molecule is COc1ccc(/C=C2/NC(=O)N(CC(=O)O)C2=O)cc1Cl. The van der Waals surface area contributed by atoms with Gasteiger partial charge in [-0.25, -0.2) is 9.69 Å². The molecule has 2 rings (SSSR count). The van der Waals surface area contributed by atoms with Gasteiger partial charge in [0.25, 0.3) is 5.91 Å². The van der Waals surface area contributed by atoms with Gasteiger partial charge in [0, 0.05) is 0 Å². The lowest BCUT2D eigenvalue weighted by Crippen LogP contribution is -2.35. The van der Waals surface area contributed by atoms with Crippen LogP contribution in [0.1, 0.15) is 5.56 Å². The molecule has 1 aromatic rings. The van der Waals surface area contributed by atoms with Crippen LogP contribution in [0.5, 0.6) is 5.75 Å². The zero-order valence-electron chi connectivity index (χ0n) is 10.9. The largest absolute Gasteiger partial charge is 0.495 e. The van der Waals surface area contributed by atoms with Crippen molar-refractivity contribution >= 4 is 35.6 Å². The number of carbonyl (C=O) groups excluding carboxylic acids is 2. The van der Waals surface area contributed by atoms with Gasteiger partial charge in [-0.3, -0.25) is 9.59 Å². The standard InChI is InChI=1S/C13H11ClN2O5/c1-21-10-3-2-7(4-8(10)14)5-9-12(19)16(6-11(17)18)13(20)15-9/h2-5H,6H2,1H3,(H,15,20)(H,17,18)/b9-5+. The van der Waals surface area contributed by atoms with Crippen molar-refractivity contribution < 1.29 is 24.2 Å². The van der Waals surface area contributed by atoms with E-state index in [9.17, 15) is 14.4 Å². The molecule has 110 valence electrons. The number of ether oxygens (including phenoxy) is 1. The van der Waals surface area contributed by atoms with Gasteiger partial charge in [-0.2, -0.15) is 0 Å².